The van der Waals surface area contributed by atoms with Gasteiger partial charge < -0.3 is 15.4 Å². The van der Waals surface area contributed by atoms with E-state index in [-0.39, 0.29) is 0 Å². The third kappa shape index (κ3) is 4.72. The van der Waals surface area contributed by atoms with E-state index in [0.717, 1.165) is 28.5 Å². The second-order valence-corrected chi connectivity index (χ2v) is 6.42. The summed E-state index contributed by atoms with van der Waals surface area (Å²) in [5, 5.41) is 6.66. The van der Waals surface area contributed by atoms with Crippen LogP contribution in [-0.4, -0.2) is 17.1 Å². The van der Waals surface area contributed by atoms with Gasteiger partial charge in [0, 0.05) is 24.0 Å². The molecule has 0 fully saturated rings. The molecule has 0 amide bonds. The van der Waals surface area contributed by atoms with Crippen molar-refractivity contribution in [3.05, 3.63) is 70.9 Å². The number of aromatic nitrogens is 2. The monoisotopic (exact) mass is 348 g/mol. The van der Waals surface area contributed by atoms with Gasteiger partial charge in [-0.3, -0.25) is 0 Å². The fourth-order valence-corrected chi connectivity index (χ4v) is 2.83. The van der Waals surface area contributed by atoms with Gasteiger partial charge in [-0.15, -0.1) is 0 Å². The van der Waals surface area contributed by atoms with Crippen molar-refractivity contribution in [3.8, 4) is 5.75 Å². The first-order valence-corrected chi connectivity index (χ1v) is 8.59. The molecule has 5 heteroatoms. The molecule has 134 valence electrons. The van der Waals surface area contributed by atoms with E-state index < -0.39 is 0 Å². The largest absolute Gasteiger partial charge is 0.497 e. The highest BCUT2D eigenvalue weighted by Crippen LogP contribution is 2.20. The Labute approximate surface area is 154 Å². The molecule has 2 N–H and O–H groups in total. The van der Waals surface area contributed by atoms with Crippen LogP contribution in [0.4, 0.5) is 17.5 Å². The Bertz CT molecular complexity index is 871. The van der Waals surface area contributed by atoms with Gasteiger partial charge in [-0.05, 0) is 61.7 Å². The van der Waals surface area contributed by atoms with Crippen LogP contribution >= 0.6 is 0 Å². The van der Waals surface area contributed by atoms with Gasteiger partial charge in [0.25, 0.3) is 0 Å². The van der Waals surface area contributed by atoms with Gasteiger partial charge in [-0.1, -0.05) is 18.2 Å². The molecule has 0 atom stereocenters. The molecule has 5 nitrogen and oxygen atoms in total. The lowest BCUT2D eigenvalue weighted by molar-refractivity contribution is 0.414. The second-order valence-electron chi connectivity index (χ2n) is 6.42. The average Bonchev–Trinajstić information content (AvgIpc) is 2.59. The normalized spacial score (nSPS) is 10.5. The van der Waals surface area contributed by atoms with E-state index in [2.05, 4.69) is 52.6 Å². The maximum absolute atomic E-state index is 5.18. The molecule has 0 spiro atoms. The molecule has 0 saturated heterocycles. The van der Waals surface area contributed by atoms with Crippen LogP contribution in [0.3, 0.4) is 0 Å². The van der Waals surface area contributed by atoms with Crippen molar-refractivity contribution >= 4 is 17.5 Å². The van der Waals surface area contributed by atoms with Gasteiger partial charge in [0.2, 0.25) is 5.95 Å². The summed E-state index contributed by atoms with van der Waals surface area (Å²) in [5.74, 6) is 2.23. The molecular formula is C21H24N4O. The number of methoxy groups -OCH3 is 1. The average molecular weight is 348 g/mol. The Morgan fingerprint density at radius 2 is 1.58 bits per heavy atom. The van der Waals surface area contributed by atoms with E-state index in [9.17, 15) is 0 Å². The summed E-state index contributed by atoms with van der Waals surface area (Å²) in [6.07, 6.45) is 0. The standard InChI is InChI=1S/C21H24N4O/c1-14-9-15(2)11-18(10-14)24-20-12-16(3)23-21(25-20)22-13-17-5-7-19(26-4)8-6-17/h5-12H,13H2,1-4H3,(H2,22,23,24,25). The molecule has 1 aromatic heterocycles. The summed E-state index contributed by atoms with van der Waals surface area (Å²) in [6, 6.07) is 16.2. The van der Waals surface area contributed by atoms with Crippen LogP contribution in [0.5, 0.6) is 5.75 Å². The van der Waals surface area contributed by atoms with Crippen molar-refractivity contribution in [3.63, 3.8) is 0 Å². The zero-order chi connectivity index (χ0) is 18.5. The number of nitrogens with zero attached hydrogens (tertiary/aromatic N) is 2. The number of anilines is 3. The van der Waals surface area contributed by atoms with Crippen LogP contribution in [0.2, 0.25) is 0 Å². The van der Waals surface area contributed by atoms with Gasteiger partial charge >= 0.3 is 0 Å². The first-order valence-electron chi connectivity index (χ1n) is 8.59. The fraction of sp³-hybridized carbons (Fsp3) is 0.238. The lowest BCUT2D eigenvalue weighted by Gasteiger charge is -2.11. The van der Waals surface area contributed by atoms with E-state index in [1.54, 1.807) is 7.11 Å². The van der Waals surface area contributed by atoms with Crippen molar-refractivity contribution in [2.24, 2.45) is 0 Å². The van der Waals surface area contributed by atoms with Crippen molar-refractivity contribution in [1.29, 1.82) is 0 Å². The molecule has 26 heavy (non-hydrogen) atoms. The fourth-order valence-electron chi connectivity index (χ4n) is 2.83. The molecular weight excluding hydrogens is 324 g/mol. The van der Waals surface area contributed by atoms with Crippen LogP contribution in [0.15, 0.2) is 48.5 Å². The predicted octanol–water partition coefficient (Wildman–Crippen LogP) is 4.77. The highest BCUT2D eigenvalue weighted by atomic mass is 16.5. The third-order valence-electron chi connectivity index (χ3n) is 3.96. The maximum Gasteiger partial charge on any atom is 0.225 e. The van der Waals surface area contributed by atoms with Crippen molar-refractivity contribution in [2.75, 3.05) is 17.7 Å². The molecule has 0 bridgehead atoms. The highest BCUT2D eigenvalue weighted by molar-refractivity contribution is 5.59. The molecule has 1 heterocycles. The first kappa shape index (κ1) is 17.7. The van der Waals surface area contributed by atoms with Crippen LogP contribution in [0, 0.1) is 20.8 Å². The van der Waals surface area contributed by atoms with E-state index in [1.165, 1.54) is 11.1 Å². The molecule has 3 aromatic rings. The number of hydrogen-bond donors (Lipinski definition) is 2. The summed E-state index contributed by atoms with van der Waals surface area (Å²) in [4.78, 5) is 9.05. The van der Waals surface area contributed by atoms with Crippen LogP contribution in [-0.2, 0) is 6.54 Å². The number of ether oxygens (including phenoxy) is 1. The quantitative estimate of drug-likeness (QED) is 0.672. The van der Waals surface area contributed by atoms with Gasteiger partial charge in [-0.2, -0.15) is 4.98 Å². The molecule has 2 aromatic carbocycles. The summed E-state index contributed by atoms with van der Waals surface area (Å²) in [5.41, 5.74) is 5.51. The molecule has 3 rings (SSSR count). The topological polar surface area (TPSA) is 59.1 Å². The molecule has 0 radical (unpaired) electrons. The number of benzene rings is 2. The predicted molar refractivity (Wildman–Crippen MR) is 106 cm³/mol. The molecule has 0 saturated carbocycles. The zero-order valence-electron chi connectivity index (χ0n) is 15.6. The zero-order valence-corrected chi connectivity index (χ0v) is 15.6. The van der Waals surface area contributed by atoms with Crippen LogP contribution in [0.25, 0.3) is 0 Å². The number of rotatable bonds is 6. The van der Waals surface area contributed by atoms with Crippen molar-refractivity contribution in [2.45, 2.75) is 27.3 Å². The minimum Gasteiger partial charge on any atom is -0.497 e. The molecule has 0 aliphatic rings. The Hall–Kier alpha value is -3.08. The Morgan fingerprint density at radius 1 is 0.885 bits per heavy atom. The Kier molecular flexibility index (Phi) is 5.37. The van der Waals surface area contributed by atoms with Crippen LogP contribution < -0.4 is 15.4 Å². The minimum atomic E-state index is 0.604. The van der Waals surface area contributed by atoms with Crippen molar-refractivity contribution < 1.29 is 4.74 Å². The molecule has 0 aliphatic heterocycles. The van der Waals surface area contributed by atoms with Gasteiger partial charge in [0.05, 0.1) is 7.11 Å². The Balaban J connectivity index is 1.72. The molecule has 0 aliphatic carbocycles. The summed E-state index contributed by atoms with van der Waals surface area (Å²) in [6.45, 7) is 6.79. The van der Waals surface area contributed by atoms with Gasteiger partial charge in [-0.25, -0.2) is 4.98 Å². The smallest absolute Gasteiger partial charge is 0.225 e. The lowest BCUT2D eigenvalue weighted by Crippen LogP contribution is -2.06. The summed E-state index contributed by atoms with van der Waals surface area (Å²) >= 11 is 0. The SMILES string of the molecule is COc1ccc(CNc2nc(C)cc(Nc3cc(C)cc(C)c3)n2)cc1. The van der Waals surface area contributed by atoms with Crippen molar-refractivity contribution in [1.82, 2.24) is 9.97 Å². The van der Waals surface area contributed by atoms with E-state index in [0.29, 0.717) is 12.5 Å². The van der Waals surface area contributed by atoms with E-state index >= 15 is 0 Å². The summed E-state index contributed by atoms with van der Waals surface area (Å²) < 4.78 is 5.18. The number of nitrogens with one attached hydrogen (secondary N) is 2. The molecule has 0 unspecified atom stereocenters. The minimum absolute atomic E-state index is 0.604. The number of aryl methyl sites for hydroxylation is 3. The number of hydrogen-bond acceptors (Lipinski definition) is 5. The van der Waals surface area contributed by atoms with Gasteiger partial charge in [0.15, 0.2) is 0 Å². The summed E-state index contributed by atoms with van der Waals surface area (Å²) in [7, 11) is 1.66. The first-order chi connectivity index (χ1) is 12.5. The highest BCUT2D eigenvalue weighted by Gasteiger charge is 2.04. The third-order valence-corrected chi connectivity index (χ3v) is 3.96. The second kappa shape index (κ2) is 7.87. The van der Waals surface area contributed by atoms with E-state index in [4.69, 9.17) is 4.74 Å². The Morgan fingerprint density at radius 3 is 2.23 bits per heavy atom. The van der Waals surface area contributed by atoms with E-state index in [1.807, 2.05) is 37.3 Å². The van der Waals surface area contributed by atoms with Crippen LogP contribution in [0.1, 0.15) is 22.4 Å². The van der Waals surface area contributed by atoms with Gasteiger partial charge in [0.1, 0.15) is 11.6 Å². The lowest BCUT2D eigenvalue weighted by atomic mass is 10.1. The maximum atomic E-state index is 5.18.